The molecule has 1 N–H and O–H groups in total. The first-order valence-corrected chi connectivity index (χ1v) is 6.27. The molecule has 4 heteroatoms. The molecule has 1 aliphatic rings. The summed E-state index contributed by atoms with van der Waals surface area (Å²) in [5.41, 5.74) is 2.35. The molecule has 0 amide bonds. The molecular formula is C13H18N4. The zero-order valence-corrected chi connectivity index (χ0v) is 9.97. The highest BCUT2D eigenvalue weighted by atomic mass is 15.2. The van der Waals surface area contributed by atoms with Gasteiger partial charge in [-0.25, -0.2) is 4.98 Å². The summed E-state index contributed by atoms with van der Waals surface area (Å²) in [5.74, 6) is 0. The van der Waals surface area contributed by atoms with E-state index >= 15 is 0 Å². The van der Waals surface area contributed by atoms with Crippen molar-refractivity contribution < 1.29 is 0 Å². The Balaban J connectivity index is 1.68. The van der Waals surface area contributed by atoms with E-state index in [4.69, 9.17) is 0 Å². The minimum absolute atomic E-state index is 1.04. The van der Waals surface area contributed by atoms with Crippen LogP contribution in [0.1, 0.15) is 5.69 Å². The Hall–Kier alpha value is -1.39. The van der Waals surface area contributed by atoms with E-state index in [0.717, 1.165) is 44.8 Å². The molecule has 17 heavy (non-hydrogen) atoms. The molecule has 0 saturated carbocycles. The number of pyridine rings is 1. The van der Waals surface area contributed by atoms with Gasteiger partial charge in [0.05, 0.1) is 0 Å². The van der Waals surface area contributed by atoms with Crippen LogP contribution in [0.2, 0.25) is 0 Å². The molecule has 0 unspecified atom stereocenters. The van der Waals surface area contributed by atoms with E-state index in [1.165, 1.54) is 5.69 Å². The van der Waals surface area contributed by atoms with Crippen LogP contribution in [-0.4, -0.2) is 47.0 Å². The molecule has 0 spiro atoms. The number of nitrogens with zero attached hydrogens (tertiary/aromatic N) is 3. The maximum absolute atomic E-state index is 4.41. The largest absolute Gasteiger partial charge is 0.314 e. The standard InChI is InChI=1S/C13H18N4/c1-2-7-17-12(11-15-13(17)3-1)4-8-16-9-5-14-6-10-16/h1-3,7,11,14H,4-6,8-10H2. The van der Waals surface area contributed by atoms with E-state index in [2.05, 4.69) is 31.9 Å². The molecule has 2 aromatic heterocycles. The summed E-state index contributed by atoms with van der Waals surface area (Å²) in [6.45, 7) is 5.69. The van der Waals surface area contributed by atoms with Gasteiger partial charge in [-0.05, 0) is 12.1 Å². The second-order valence-electron chi connectivity index (χ2n) is 4.52. The van der Waals surface area contributed by atoms with Crippen molar-refractivity contribution in [2.75, 3.05) is 32.7 Å². The van der Waals surface area contributed by atoms with Gasteiger partial charge in [-0.1, -0.05) is 6.07 Å². The van der Waals surface area contributed by atoms with Crippen molar-refractivity contribution in [3.8, 4) is 0 Å². The lowest BCUT2D eigenvalue weighted by Gasteiger charge is -2.26. The first-order chi connectivity index (χ1) is 8.43. The fourth-order valence-corrected chi connectivity index (χ4v) is 2.38. The average Bonchev–Trinajstić information content (AvgIpc) is 2.81. The average molecular weight is 230 g/mol. The molecule has 1 aliphatic heterocycles. The molecule has 0 bridgehead atoms. The summed E-state index contributed by atoms with van der Waals surface area (Å²) in [4.78, 5) is 6.93. The lowest BCUT2D eigenvalue weighted by Crippen LogP contribution is -2.44. The quantitative estimate of drug-likeness (QED) is 0.846. The van der Waals surface area contributed by atoms with Crippen LogP contribution in [0.4, 0.5) is 0 Å². The van der Waals surface area contributed by atoms with Crippen LogP contribution in [0.3, 0.4) is 0 Å². The van der Waals surface area contributed by atoms with Gasteiger partial charge in [0.2, 0.25) is 0 Å². The van der Waals surface area contributed by atoms with E-state index < -0.39 is 0 Å². The van der Waals surface area contributed by atoms with Gasteiger partial charge in [-0.3, -0.25) is 0 Å². The second kappa shape index (κ2) is 4.85. The molecule has 1 saturated heterocycles. The molecule has 0 aromatic carbocycles. The summed E-state index contributed by atoms with van der Waals surface area (Å²) < 4.78 is 2.18. The van der Waals surface area contributed by atoms with Gasteiger partial charge in [0.25, 0.3) is 0 Å². The smallest absolute Gasteiger partial charge is 0.136 e. The summed E-state index contributed by atoms with van der Waals surface area (Å²) in [5, 5.41) is 3.38. The Morgan fingerprint density at radius 1 is 1.24 bits per heavy atom. The Kier molecular flexibility index (Phi) is 3.07. The van der Waals surface area contributed by atoms with Crippen LogP contribution < -0.4 is 5.32 Å². The monoisotopic (exact) mass is 230 g/mol. The molecule has 0 atom stereocenters. The van der Waals surface area contributed by atoms with Gasteiger partial charge in [-0.2, -0.15) is 0 Å². The number of hydrogen-bond donors (Lipinski definition) is 1. The minimum Gasteiger partial charge on any atom is -0.314 e. The maximum atomic E-state index is 4.41. The van der Waals surface area contributed by atoms with E-state index in [0.29, 0.717) is 0 Å². The highest BCUT2D eigenvalue weighted by Crippen LogP contribution is 2.07. The molecule has 2 aromatic rings. The molecule has 4 nitrogen and oxygen atoms in total. The zero-order valence-electron chi connectivity index (χ0n) is 9.97. The van der Waals surface area contributed by atoms with Gasteiger partial charge in [0, 0.05) is 57.2 Å². The minimum atomic E-state index is 1.04. The third-order valence-corrected chi connectivity index (χ3v) is 3.39. The number of piperazine rings is 1. The van der Waals surface area contributed by atoms with E-state index in [1.807, 2.05) is 18.3 Å². The number of hydrogen-bond acceptors (Lipinski definition) is 3. The van der Waals surface area contributed by atoms with Crippen LogP contribution in [0.5, 0.6) is 0 Å². The Morgan fingerprint density at radius 2 is 2.12 bits per heavy atom. The van der Waals surface area contributed by atoms with Crippen molar-refractivity contribution in [1.82, 2.24) is 19.6 Å². The number of nitrogens with one attached hydrogen (secondary N) is 1. The van der Waals surface area contributed by atoms with Crippen molar-refractivity contribution >= 4 is 5.65 Å². The van der Waals surface area contributed by atoms with E-state index in [-0.39, 0.29) is 0 Å². The second-order valence-corrected chi connectivity index (χ2v) is 4.52. The first-order valence-electron chi connectivity index (χ1n) is 6.27. The predicted octanol–water partition coefficient (Wildman–Crippen LogP) is 0.782. The predicted molar refractivity (Wildman–Crippen MR) is 68.2 cm³/mol. The van der Waals surface area contributed by atoms with Crippen molar-refractivity contribution in [2.24, 2.45) is 0 Å². The van der Waals surface area contributed by atoms with Gasteiger partial charge in [0.1, 0.15) is 5.65 Å². The Bertz CT molecular complexity index is 485. The van der Waals surface area contributed by atoms with E-state index in [1.54, 1.807) is 0 Å². The van der Waals surface area contributed by atoms with Crippen LogP contribution in [0.15, 0.2) is 30.6 Å². The molecule has 0 radical (unpaired) electrons. The summed E-state index contributed by atoms with van der Waals surface area (Å²) in [7, 11) is 0. The van der Waals surface area contributed by atoms with Crippen molar-refractivity contribution in [3.05, 3.63) is 36.3 Å². The topological polar surface area (TPSA) is 32.6 Å². The first kappa shape index (κ1) is 10.7. The van der Waals surface area contributed by atoms with E-state index in [9.17, 15) is 0 Å². The van der Waals surface area contributed by atoms with Gasteiger partial charge < -0.3 is 14.6 Å². The highest BCUT2D eigenvalue weighted by Gasteiger charge is 2.10. The van der Waals surface area contributed by atoms with Gasteiger partial charge in [-0.15, -0.1) is 0 Å². The van der Waals surface area contributed by atoms with Crippen LogP contribution >= 0.6 is 0 Å². The Morgan fingerprint density at radius 3 is 3.00 bits per heavy atom. The fraction of sp³-hybridized carbons (Fsp3) is 0.462. The van der Waals surface area contributed by atoms with Crippen LogP contribution in [0, 0.1) is 0 Å². The fourth-order valence-electron chi connectivity index (χ4n) is 2.38. The van der Waals surface area contributed by atoms with Crippen molar-refractivity contribution in [3.63, 3.8) is 0 Å². The molecule has 0 aliphatic carbocycles. The normalized spacial score (nSPS) is 17.6. The number of fused-ring (bicyclic) bond motifs is 1. The third kappa shape index (κ3) is 2.33. The molecule has 3 heterocycles. The SMILES string of the molecule is c1ccn2c(CCN3CCNCC3)cnc2c1. The summed E-state index contributed by atoms with van der Waals surface area (Å²) >= 11 is 0. The molecular weight excluding hydrogens is 212 g/mol. The molecule has 1 fully saturated rings. The molecule has 90 valence electrons. The summed E-state index contributed by atoms with van der Waals surface area (Å²) in [6.07, 6.45) is 5.16. The van der Waals surface area contributed by atoms with Gasteiger partial charge in [0.15, 0.2) is 0 Å². The lowest BCUT2D eigenvalue weighted by atomic mass is 10.2. The highest BCUT2D eigenvalue weighted by molar-refractivity contribution is 5.39. The Labute approximate surface area is 101 Å². The zero-order chi connectivity index (χ0) is 11.5. The summed E-state index contributed by atoms with van der Waals surface area (Å²) in [6, 6.07) is 6.14. The van der Waals surface area contributed by atoms with Crippen LogP contribution in [-0.2, 0) is 6.42 Å². The van der Waals surface area contributed by atoms with Crippen LogP contribution in [0.25, 0.3) is 5.65 Å². The maximum Gasteiger partial charge on any atom is 0.136 e. The lowest BCUT2D eigenvalue weighted by molar-refractivity contribution is 0.243. The van der Waals surface area contributed by atoms with Crippen molar-refractivity contribution in [2.45, 2.75) is 6.42 Å². The number of aromatic nitrogens is 2. The number of imidazole rings is 1. The van der Waals surface area contributed by atoms with Gasteiger partial charge >= 0.3 is 0 Å². The molecule has 3 rings (SSSR count). The third-order valence-electron chi connectivity index (χ3n) is 3.39. The number of rotatable bonds is 3. The van der Waals surface area contributed by atoms with Crippen molar-refractivity contribution in [1.29, 1.82) is 0 Å².